The molecule has 2 rings (SSSR count). The molecule has 4 heteroatoms. The molecular weight excluding hydrogens is 218 g/mol. The molecule has 1 N–H and O–H groups in total. The Morgan fingerprint density at radius 1 is 1.24 bits per heavy atom. The summed E-state index contributed by atoms with van der Waals surface area (Å²) in [6.07, 6.45) is 0. The van der Waals surface area contributed by atoms with Crippen molar-refractivity contribution >= 4 is 0 Å². The summed E-state index contributed by atoms with van der Waals surface area (Å²) >= 11 is 0. The van der Waals surface area contributed by atoms with Crippen molar-refractivity contribution in [2.45, 2.75) is 18.9 Å². The van der Waals surface area contributed by atoms with Crippen LogP contribution in [0.5, 0.6) is 0 Å². The lowest BCUT2D eigenvalue weighted by Gasteiger charge is -2.47. The number of rotatable bonds is 5. The van der Waals surface area contributed by atoms with Gasteiger partial charge in [-0.2, -0.15) is 0 Å². The molecule has 1 aliphatic rings. The molecule has 0 aliphatic carbocycles. The van der Waals surface area contributed by atoms with E-state index in [-0.39, 0.29) is 6.61 Å². The van der Waals surface area contributed by atoms with E-state index in [4.69, 9.17) is 14.6 Å². The molecule has 17 heavy (non-hydrogen) atoms. The second kappa shape index (κ2) is 5.14. The van der Waals surface area contributed by atoms with Gasteiger partial charge in [-0.1, -0.05) is 24.3 Å². The van der Waals surface area contributed by atoms with Crippen molar-refractivity contribution in [2.75, 3.05) is 27.3 Å². The smallest absolute Gasteiger partial charge is 0.193 e. The van der Waals surface area contributed by atoms with Crippen LogP contribution in [0.1, 0.15) is 11.1 Å². The van der Waals surface area contributed by atoms with Gasteiger partial charge in [0.25, 0.3) is 0 Å². The molecule has 1 aromatic rings. The first-order valence-electron chi connectivity index (χ1n) is 5.73. The summed E-state index contributed by atoms with van der Waals surface area (Å²) in [5, 5.41) is 9.07. The Kier molecular flexibility index (Phi) is 3.79. The number of hydrogen-bond donors (Lipinski definition) is 1. The minimum Gasteiger partial charge on any atom is -0.392 e. The highest BCUT2D eigenvalue weighted by Crippen LogP contribution is 2.26. The monoisotopic (exact) mass is 237 g/mol. The maximum atomic E-state index is 9.07. The Hall–Kier alpha value is -0.940. The van der Waals surface area contributed by atoms with Gasteiger partial charge in [0.05, 0.1) is 19.7 Å². The average molecular weight is 237 g/mol. The third-order valence-electron chi connectivity index (χ3n) is 3.25. The fourth-order valence-corrected chi connectivity index (χ4v) is 2.17. The van der Waals surface area contributed by atoms with Gasteiger partial charge in [0.15, 0.2) is 5.79 Å². The third kappa shape index (κ3) is 2.66. The first-order valence-corrected chi connectivity index (χ1v) is 5.73. The highest BCUT2D eigenvalue weighted by Gasteiger charge is 2.43. The molecule has 1 aromatic carbocycles. The second-order valence-corrected chi connectivity index (χ2v) is 4.44. The molecule has 0 unspecified atom stereocenters. The Labute approximate surface area is 102 Å². The lowest BCUT2D eigenvalue weighted by molar-refractivity contribution is -0.277. The summed E-state index contributed by atoms with van der Waals surface area (Å²) in [7, 11) is 3.35. The van der Waals surface area contributed by atoms with Gasteiger partial charge in [-0.3, -0.25) is 4.90 Å². The van der Waals surface area contributed by atoms with E-state index in [0.29, 0.717) is 0 Å². The van der Waals surface area contributed by atoms with Gasteiger partial charge >= 0.3 is 0 Å². The number of methoxy groups -OCH3 is 2. The van der Waals surface area contributed by atoms with Gasteiger partial charge in [0.1, 0.15) is 0 Å². The highest BCUT2D eigenvalue weighted by molar-refractivity contribution is 5.23. The van der Waals surface area contributed by atoms with Crippen LogP contribution in [0.4, 0.5) is 0 Å². The van der Waals surface area contributed by atoms with Gasteiger partial charge in [-0.15, -0.1) is 0 Å². The number of ether oxygens (including phenoxy) is 2. The van der Waals surface area contributed by atoms with Crippen LogP contribution in [0.2, 0.25) is 0 Å². The molecule has 0 atom stereocenters. The lowest BCUT2D eigenvalue weighted by Crippen LogP contribution is -2.63. The second-order valence-electron chi connectivity index (χ2n) is 4.44. The van der Waals surface area contributed by atoms with E-state index in [1.54, 1.807) is 14.2 Å². The number of hydrogen-bond acceptors (Lipinski definition) is 4. The van der Waals surface area contributed by atoms with E-state index in [9.17, 15) is 0 Å². The van der Waals surface area contributed by atoms with E-state index >= 15 is 0 Å². The highest BCUT2D eigenvalue weighted by atomic mass is 16.7. The SMILES string of the molecule is COC1(OC)CN(Cc2cccc(CO)c2)C1. The van der Waals surface area contributed by atoms with E-state index in [1.807, 2.05) is 18.2 Å². The summed E-state index contributed by atoms with van der Waals surface area (Å²) in [6.45, 7) is 2.52. The largest absolute Gasteiger partial charge is 0.392 e. The number of nitrogens with zero attached hydrogens (tertiary/aromatic N) is 1. The van der Waals surface area contributed by atoms with Crippen LogP contribution in [0, 0.1) is 0 Å². The Morgan fingerprint density at radius 2 is 1.88 bits per heavy atom. The molecule has 0 bridgehead atoms. The fourth-order valence-electron chi connectivity index (χ4n) is 2.17. The maximum Gasteiger partial charge on any atom is 0.193 e. The van der Waals surface area contributed by atoms with Crippen LogP contribution in [-0.4, -0.2) is 43.1 Å². The van der Waals surface area contributed by atoms with Gasteiger partial charge in [0.2, 0.25) is 0 Å². The van der Waals surface area contributed by atoms with E-state index < -0.39 is 5.79 Å². The van der Waals surface area contributed by atoms with Crippen molar-refractivity contribution < 1.29 is 14.6 Å². The predicted molar refractivity (Wildman–Crippen MR) is 64.4 cm³/mol. The van der Waals surface area contributed by atoms with Crippen LogP contribution >= 0.6 is 0 Å². The predicted octanol–water partition coefficient (Wildman–Crippen LogP) is 0.984. The minimum atomic E-state index is -0.422. The van der Waals surface area contributed by atoms with Crippen molar-refractivity contribution in [1.82, 2.24) is 4.90 Å². The zero-order valence-corrected chi connectivity index (χ0v) is 10.3. The zero-order chi connectivity index (χ0) is 12.3. The molecule has 1 heterocycles. The van der Waals surface area contributed by atoms with Crippen LogP contribution in [0.25, 0.3) is 0 Å². The van der Waals surface area contributed by atoms with Crippen LogP contribution in [0.15, 0.2) is 24.3 Å². The fraction of sp³-hybridized carbons (Fsp3) is 0.538. The molecule has 4 nitrogen and oxygen atoms in total. The number of benzene rings is 1. The molecule has 1 saturated heterocycles. The normalized spacial score (nSPS) is 19.0. The van der Waals surface area contributed by atoms with Crippen molar-refractivity contribution in [3.05, 3.63) is 35.4 Å². The third-order valence-corrected chi connectivity index (χ3v) is 3.25. The Morgan fingerprint density at radius 3 is 2.47 bits per heavy atom. The van der Waals surface area contributed by atoms with Crippen LogP contribution in [-0.2, 0) is 22.6 Å². The molecule has 0 radical (unpaired) electrons. The molecule has 94 valence electrons. The van der Waals surface area contributed by atoms with E-state index in [1.165, 1.54) is 5.56 Å². The molecule has 1 fully saturated rings. The molecular formula is C13H19NO3. The molecule has 1 aliphatic heterocycles. The van der Waals surface area contributed by atoms with Gasteiger partial charge in [-0.05, 0) is 11.1 Å². The number of likely N-dealkylation sites (tertiary alicyclic amines) is 1. The zero-order valence-electron chi connectivity index (χ0n) is 10.3. The molecule has 0 aromatic heterocycles. The summed E-state index contributed by atoms with van der Waals surface area (Å²) in [5.74, 6) is -0.422. The number of aliphatic hydroxyl groups is 1. The van der Waals surface area contributed by atoms with E-state index in [0.717, 1.165) is 25.2 Å². The van der Waals surface area contributed by atoms with Gasteiger partial charge in [-0.25, -0.2) is 0 Å². The Balaban J connectivity index is 1.91. The quantitative estimate of drug-likeness (QED) is 0.775. The van der Waals surface area contributed by atoms with Crippen molar-refractivity contribution in [3.8, 4) is 0 Å². The van der Waals surface area contributed by atoms with Crippen molar-refractivity contribution in [2.24, 2.45) is 0 Å². The van der Waals surface area contributed by atoms with Gasteiger partial charge < -0.3 is 14.6 Å². The summed E-state index contributed by atoms with van der Waals surface area (Å²) in [6, 6.07) is 7.99. The topological polar surface area (TPSA) is 41.9 Å². The summed E-state index contributed by atoms with van der Waals surface area (Å²) in [4.78, 5) is 2.25. The van der Waals surface area contributed by atoms with Crippen LogP contribution in [0.3, 0.4) is 0 Å². The Bertz CT molecular complexity index is 369. The van der Waals surface area contributed by atoms with Gasteiger partial charge in [0, 0.05) is 20.8 Å². The van der Waals surface area contributed by atoms with Crippen molar-refractivity contribution in [3.63, 3.8) is 0 Å². The lowest BCUT2D eigenvalue weighted by atomic mass is 10.0. The molecule has 0 amide bonds. The summed E-state index contributed by atoms with van der Waals surface area (Å²) < 4.78 is 10.7. The first-order chi connectivity index (χ1) is 8.21. The first kappa shape index (κ1) is 12.5. The van der Waals surface area contributed by atoms with E-state index in [2.05, 4.69) is 11.0 Å². The number of aliphatic hydroxyl groups excluding tert-OH is 1. The minimum absolute atomic E-state index is 0.0912. The average Bonchev–Trinajstić information content (AvgIpc) is 2.33. The van der Waals surface area contributed by atoms with Crippen molar-refractivity contribution in [1.29, 1.82) is 0 Å². The standard InChI is InChI=1S/C13H19NO3/c1-16-13(17-2)9-14(10-13)7-11-4-3-5-12(6-11)8-15/h3-6,15H,7-10H2,1-2H3. The molecule has 0 saturated carbocycles. The van der Waals surface area contributed by atoms with Crippen LogP contribution < -0.4 is 0 Å². The summed E-state index contributed by atoms with van der Waals surface area (Å²) in [5.41, 5.74) is 2.16. The molecule has 0 spiro atoms. The maximum absolute atomic E-state index is 9.07.